The summed E-state index contributed by atoms with van der Waals surface area (Å²) in [4.78, 5) is 1.87. The van der Waals surface area contributed by atoms with Crippen LogP contribution in [0, 0.1) is 0 Å². The highest BCUT2D eigenvalue weighted by Gasteiger charge is 2.33. The zero-order chi connectivity index (χ0) is 14.2. The first-order valence-electron chi connectivity index (χ1n) is 6.47. The zero-order valence-corrected chi connectivity index (χ0v) is 11.4. The smallest absolute Gasteiger partial charge is 0.257 e. The van der Waals surface area contributed by atoms with Crippen molar-refractivity contribution >= 4 is 0 Å². The Kier molecular flexibility index (Phi) is 7.78. The highest BCUT2D eigenvalue weighted by molar-refractivity contribution is 4.77. The Hall–Kier alpha value is -0.360. The molecule has 0 bridgehead atoms. The number of halogens is 4. The van der Waals surface area contributed by atoms with E-state index in [2.05, 4.69) is 5.32 Å². The standard InChI is InChI=1S/C10H18F4N2.C2H6/c1-9(11,12)8-15-4-7-16-5-2-10(13,14)3-6-16;1-2/h15H,2-8H2,1H3;1-2H3. The summed E-state index contributed by atoms with van der Waals surface area (Å²) in [6.45, 7) is 6.13. The van der Waals surface area contributed by atoms with Gasteiger partial charge in [-0.3, -0.25) is 0 Å². The quantitative estimate of drug-likeness (QED) is 0.611. The topological polar surface area (TPSA) is 15.3 Å². The van der Waals surface area contributed by atoms with E-state index in [1.54, 1.807) is 0 Å². The minimum atomic E-state index is -2.71. The Bertz CT molecular complexity index is 207. The maximum atomic E-state index is 12.8. The van der Waals surface area contributed by atoms with Crippen LogP contribution in [0.15, 0.2) is 0 Å². The Labute approximate surface area is 107 Å². The van der Waals surface area contributed by atoms with Crippen molar-refractivity contribution in [3.8, 4) is 0 Å². The average molecular weight is 272 g/mol. The highest BCUT2D eigenvalue weighted by Crippen LogP contribution is 2.27. The summed E-state index contributed by atoms with van der Waals surface area (Å²) in [5.74, 6) is -5.25. The van der Waals surface area contributed by atoms with E-state index in [9.17, 15) is 17.6 Å². The summed E-state index contributed by atoms with van der Waals surface area (Å²) in [6.07, 6.45) is -0.256. The fraction of sp³-hybridized carbons (Fsp3) is 1.00. The number of nitrogens with one attached hydrogen (secondary N) is 1. The summed E-state index contributed by atoms with van der Waals surface area (Å²) in [7, 11) is 0. The Morgan fingerprint density at radius 3 is 2.11 bits per heavy atom. The van der Waals surface area contributed by atoms with Gasteiger partial charge >= 0.3 is 0 Å². The van der Waals surface area contributed by atoms with E-state index in [4.69, 9.17) is 0 Å². The van der Waals surface area contributed by atoms with Crippen LogP contribution in [0.2, 0.25) is 0 Å². The second-order valence-corrected chi connectivity index (χ2v) is 4.44. The van der Waals surface area contributed by atoms with E-state index in [1.165, 1.54) is 0 Å². The normalized spacial score (nSPS) is 20.2. The molecule has 0 spiro atoms. The van der Waals surface area contributed by atoms with Gasteiger partial charge in [0.15, 0.2) is 0 Å². The highest BCUT2D eigenvalue weighted by atomic mass is 19.3. The lowest BCUT2D eigenvalue weighted by Gasteiger charge is -2.31. The van der Waals surface area contributed by atoms with Gasteiger partial charge in [-0.15, -0.1) is 0 Å². The molecule has 0 unspecified atom stereocenters. The lowest BCUT2D eigenvalue weighted by atomic mass is 10.1. The van der Waals surface area contributed by atoms with Crippen LogP contribution >= 0.6 is 0 Å². The van der Waals surface area contributed by atoms with Gasteiger partial charge in [0.25, 0.3) is 11.8 Å². The van der Waals surface area contributed by atoms with Gasteiger partial charge in [-0.05, 0) is 0 Å². The SMILES string of the molecule is CC.CC(F)(F)CNCCN1CCC(F)(F)CC1. The molecule has 1 aliphatic rings. The molecule has 1 rings (SSSR count). The number of nitrogens with zero attached hydrogens (tertiary/aromatic N) is 1. The molecule has 18 heavy (non-hydrogen) atoms. The van der Waals surface area contributed by atoms with Crippen molar-refractivity contribution in [2.75, 3.05) is 32.7 Å². The van der Waals surface area contributed by atoms with Crippen molar-refractivity contribution in [3.63, 3.8) is 0 Å². The van der Waals surface area contributed by atoms with Gasteiger partial charge < -0.3 is 10.2 Å². The number of rotatable bonds is 5. The third kappa shape index (κ3) is 8.69. The zero-order valence-electron chi connectivity index (χ0n) is 11.4. The molecular formula is C12H24F4N2. The van der Waals surface area contributed by atoms with E-state index < -0.39 is 11.8 Å². The van der Waals surface area contributed by atoms with E-state index >= 15 is 0 Å². The third-order valence-electron chi connectivity index (χ3n) is 2.63. The van der Waals surface area contributed by atoms with Crippen LogP contribution in [0.5, 0.6) is 0 Å². The molecule has 0 aliphatic carbocycles. The number of likely N-dealkylation sites (tertiary alicyclic amines) is 1. The van der Waals surface area contributed by atoms with E-state index in [0.29, 0.717) is 26.2 Å². The van der Waals surface area contributed by atoms with Crippen LogP contribution in [0.4, 0.5) is 17.6 Å². The third-order valence-corrected chi connectivity index (χ3v) is 2.63. The summed E-state index contributed by atoms with van der Waals surface area (Å²) in [6, 6.07) is 0. The van der Waals surface area contributed by atoms with Crippen LogP contribution in [0.25, 0.3) is 0 Å². The number of hydrogen-bond acceptors (Lipinski definition) is 2. The molecule has 110 valence electrons. The first kappa shape index (κ1) is 17.6. The molecule has 1 heterocycles. The molecule has 0 aromatic carbocycles. The van der Waals surface area contributed by atoms with E-state index in [1.807, 2.05) is 18.7 Å². The van der Waals surface area contributed by atoms with Crippen molar-refractivity contribution in [1.82, 2.24) is 10.2 Å². The van der Waals surface area contributed by atoms with Crippen molar-refractivity contribution in [1.29, 1.82) is 0 Å². The first-order valence-corrected chi connectivity index (χ1v) is 6.47. The van der Waals surface area contributed by atoms with Crippen LogP contribution in [-0.4, -0.2) is 49.5 Å². The number of piperidine rings is 1. The maximum Gasteiger partial charge on any atom is 0.257 e. The van der Waals surface area contributed by atoms with Gasteiger partial charge in [-0.25, -0.2) is 17.6 Å². The summed E-state index contributed by atoms with van der Waals surface area (Å²) >= 11 is 0. The molecule has 0 aromatic heterocycles. The molecule has 2 nitrogen and oxygen atoms in total. The van der Waals surface area contributed by atoms with Gasteiger partial charge in [0.05, 0.1) is 6.54 Å². The second kappa shape index (κ2) is 7.94. The predicted molar refractivity (Wildman–Crippen MR) is 65.5 cm³/mol. The minimum Gasteiger partial charge on any atom is -0.310 e. The van der Waals surface area contributed by atoms with Crippen molar-refractivity contribution in [2.45, 2.75) is 45.5 Å². The molecule has 0 saturated carbocycles. The van der Waals surface area contributed by atoms with Gasteiger partial charge in [-0.2, -0.15) is 0 Å². The number of hydrogen-bond donors (Lipinski definition) is 1. The molecule has 1 N–H and O–H groups in total. The summed E-state index contributed by atoms with van der Waals surface area (Å²) in [5, 5.41) is 2.61. The minimum absolute atomic E-state index is 0.128. The van der Waals surface area contributed by atoms with Gasteiger partial charge in [0.1, 0.15) is 0 Å². The van der Waals surface area contributed by atoms with E-state index in [-0.39, 0.29) is 19.4 Å². The molecule has 0 amide bonds. The molecule has 0 aromatic rings. The fourth-order valence-electron chi connectivity index (χ4n) is 1.65. The predicted octanol–water partition coefficient (Wildman–Crippen LogP) is 2.99. The van der Waals surface area contributed by atoms with E-state index in [0.717, 1.165) is 6.92 Å². The van der Waals surface area contributed by atoms with Crippen LogP contribution in [-0.2, 0) is 0 Å². The van der Waals surface area contributed by atoms with Gasteiger partial charge in [0, 0.05) is 45.9 Å². The van der Waals surface area contributed by atoms with Crippen LogP contribution in [0.1, 0.15) is 33.6 Å². The first-order chi connectivity index (χ1) is 8.29. The van der Waals surface area contributed by atoms with Gasteiger partial charge in [-0.1, -0.05) is 13.8 Å². The Morgan fingerprint density at radius 2 is 1.67 bits per heavy atom. The molecule has 1 aliphatic heterocycles. The average Bonchev–Trinajstić information content (AvgIpc) is 2.28. The second-order valence-electron chi connectivity index (χ2n) is 4.44. The largest absolute Gasteiger partial charge is 0.310 e. The molecule has 6 heteroatoms. The number of alkyl halides is 4. The molecule has 1 saturated heterocycles. The van der Waals surface area contributed by atoms with Crippen LogP contribution < -0.4 is 5.32 Å². The lowest BCUT2D eigenvalue weighted by molar-refractivity contribution is -0.0549. The van der Waals surface area contributed by atoms with Gasteiger partial charge in [0.2, 0.25) is 0 Å². The molecular weight excluding hydrogens is 248 g/mol. The van der Waals surface area contributed by atoms with Crippen LogP contribution in [0.3, 0.4) is 0 Å². The maximum absolute atomic E-state index is 12.8. The fourth-order valence-corrected chi connectivity index (χ4v) is 1.65. The Balaban J connectivity index is 0.00000137. The monoisotopic (exact) mass is 272 g/mol. The Morgan fingerprint density at radius 1 is 1.17 bits per heavy atom. The summed E-state index contributed by atoms with van der Waals surface area (Å²) in [5.41, 5.74) is 0. The van der Waals surface area contributed by atoms with Crippen molar-refractivity contribution in [2.24, 2.45) is 0 Å². The molecule has 1 fully saturated rings. The molecule has 0 atom stereocenters. The summed E-state index contributed by atoms with van der Waals surface area (Å²) < 4.78 is 50.4. The lowest BCUT2D eigenvalue weighted by Crippen LogP contribution is -2.43. The van der Waals surface area contributed by atoms with Crippen molar-refractivity contribution in [3.05, 3.63) is 0 Å². The molecule has 0 radical (unpaired) electrons. The van der Waals surface area contributed by atoms with Crippen molar-refractivity contribution < 1.29 is 17.6 Å².